The monoisotopic (exact) mass is 314 g/mol. The number of nitrogens with zero attached hydrogens (tertiary/aromatic N) is 6. The predicted molar refractivity (Wildman–Crippen MR) is 85.7 cm³/mol. The highest BCUT2D eigenvalue weighted by molar-refractivity contribution is 5.81. The minimum absolute atomic E-state index is 0.0850. The van der Waals surface area contributed by atoms with E-state index in [1.807, 2.05) is 35.2 Å². The summed E-state index contributed by atoms with van der Waals surface area (Å²) in [6, 6.07) is 9.77. The first-order valence-electron chi connectivity index (χ1n) is 7.90. The van der Waals surface area contributed by atoms with Crippen molar-refractivity contribution >= 4 is 5.91 Å². The lowest BCUT2D eigenvalue weighted by Gasteiger charge is -2.39. The van der Waals surface area contributed by atoms with Crippen LogP contribution in [0.3, 0.4) is 0 Å². The molecule has 1 fully saturated rings. The summed E-state index contributed by atoms with van der Waals surface area (Å²) in [7, 11) is 2.08. The highest BCUT2D eigenvalue weighted by Gasteiger charge is 2.32. The molecule has 1 aliphatic heterocycles. The molecule has 3 rings (SSSR count). The minimum atomic E-state index is -0.404. The van der Waals surface area contributed by atoms with Gasteiger partial charge >= 0.3 is 0 Å². The number of carbonyl (C=O) groups is 1. The third-order valence-electron chi connectivity index (χ3n) is 4.35. The zero-order valence-electron chi connectivity index (χ0n) is 13.5. The Morgan fingerprint density at radius 2 is 2.09 bits per heavy atom. The van der Waals surface area contributed by atoms with Gasteiger partial charge in [0.25, 0.3) is 0 Å². The lowest BCUT2D eigenvalue weighted by atomic mass is 10.0. The van der Waals surface area contributed by atoms with Crippen molar-refractivity contribution < 1.29 is 4.79 Å². The van der Waals surface area contributed by atoms with Crippen LogP contribution in [-0.4, -0.2) is 68.6 Å². The van der Waals surface area contributed by atoms with E-state index in [0.29, 0.717) is 6.42 Å². The Morgan fingerprint density at radius 3 is 2.74 bits per heavy atom. The van der Waals surface area contributed by atoms with Gasteiger partial charge in [0.2, 0.25) is 5.91 Å². The quantitative estimate of drug-likeness (QED) is 0.827. The summed E-state index contributed by atoms with van der Waals surface area (Å²) in [4.78, 5) is 17.3. The molecule has 1 aliphatic rings. The van der Waals surface area contributed by atoms with Crippen molar-refractivity contribution in [1.29, 1.82) is 0 Å². The summed E-state index contributed by atoms with van der Waals surface area (Å²) in [5, 5.41) is 11.4. The lowest BCUT2D eigenvalue weighted by Crippen LogP contribution is -2.54. The molecule has 2 unspecified atom stereocenters. The molecule has 1 aromatic heterocycles. The molecule has 0 radical (unpaired) electrons. The fourth-order valence-corrected chi connectivity index (χ4v) is 3.10. The van der Waals surface area contributed by atoms with Crippen molar-refractivity contribution in [3.63, 3.8) is 0 Å². The van der Waals surface area contributed by atoms with Gasteiger partial charge in [-0.05, 0) is 30.0 Å². The van der Waals surface area contributed by atoms with E-state index < -0.39 is 6.04 Å². The van der Waals surface area contributed by atoms with E-state index in [1.165, 1.54) is 6.33 Å². The van der Waals surface area contributed by atoms with Gasteiger partial charge in [0.1, 0.15) is 12.4 Å². The largest absolute Gasteiger partial charge is 0.336 e. The second-order valence-corrected chi connectivity index (χ2v) is 6.14. The van der Waals surface area contributed by atoms with Crippen LogP contribution in [0.25, 0.3) is 0 Å². The van der Waals surface area contributed by atoms with Crippen LogP contribution in [0.1, 0.15) is 18.5 Å². The van der Waals surface area contributed by atoms with Gasteiger partial charge in [-0.15, -0.1) is 5.10 Å². The maximum absolute atomic E-state index is 13.1. The van der Waals surface area contributed by atoms with Gasteiger partial charge < -0.3 is 9.80 Å². The molecule has 0 spiro atoms. The number of likely N-dealkylation sites (N-methyl/N-ethyl adjacent to an activating group) is 1. The van der Waals surface area contributed by atoms with E-state index in [2.05, 4.69) is 34.4 Å². The maximum Gasteiger partial charge on any atom is 0.248 e. The summed E-state index contributed by atoms with van der Waals surface area (Å²) in [5.41, 5.74) is 1.10. The van der Waals surface area contributed by atoms with Crippen molar-refractivity contribution in [3.8, 4) is 0 Å². The Bertz CT molecular complexity index is 629. The molecule has 1 aromatic carbocycles. The molecular weight excluding hydrogens is 292 g/mol. The highest BCUT2D eigenvalue weighted by atomic mass is 16.2. The zero-order chi connectivity index (χ0) is 16.2. The first-order valence-corrected chi connectivity index (χ1v) is 7.90. The SMILES string of the molecule is CC1CN(C)CCN1C(=O)C(Cc1ccccc1)n1cnnn1. The van der Waals surface area contributed by atoms with E-state index in [-0.39, 0.29) is 11.9 Å². The second-order valence-electron chi connectivity index (χ2n) is 6.14. The predicted octanol–water partition coefficient (Wildman–Crippen LogP) is 0.619. The van der Waals surface area contributed by atoms with Crippen molar-refractivity contribution in [1.82, 2.24) is 30.0 Å². The van der Waals surface area contributed by atoms with Crippen LogP contribution in [0.15, 0.2) is 36.7 Å². The van der Waals surface area contributed by atoms with Crippen molar-refractivity contribution in [3.05, 3.63) is 42.2 Å². The van der Waals surface area contributed by atoms with Gasteiger partial charge in [0.15, 0.2) is 0 Å². The smallest absolute Gasteiger partial charge is 0.248 e. The molecule has 0 aliphatic carbocycles. The highest BCUT2D eigenvalue weighted by Crippen LogP contribution is 2.19. The normalized spacial score (nSPS) is 20.4. The Hall–Kier alpha value is -2.28. The van der Waals surface area contributed by atoms with Crippen LogP contribution >= 0.6 is 0 Å². The zero-order valence-corrected chi connectivity index (χ0v) is 13.5. The number of aromatic nitrogens is 4. The van der Waals surface area contributed by atoms with Crippen molar-refractivity contribution in [2.24, 2.45) is 0 Å². The molecule has 0 N–H and O–H groups in total. The minimum Gasteiger partial charge on any atom is -0.336 e. The van der Waals surface area contributed by atoms with Crippen molar-refractivity contribution in [2.75, 3.05) is 26.7 Å². The summed E-state index contributed by atoms with van der Waals surface area (Å²) >= 11 is 0. The number of amides is 1. The molecule has 122 valence electrons. The standard InChI is InChI=1S/C16H22N6O/c1-13-11-20(2)8-9-21(13)16(23)15(22-12-17-18-19-22)10-14-6-4-3-5-7-14/h3-7,12-13,15H,8-11H2,1-2H3. The number of hydrogen-bond acceptors (Lipinski definition) is 5. The molecule has 0 saturated carbocycles. The molecule has 0 bridgehead atoms. The first-order chi connectivity index (χ1) is 11.1. The Morgan fingerprint density at radius 1 is 1.30 bits per heavy atom. The lowest BCUT2D eigenvalue weighted by molar-refractivity contribution is -0.139. The van der Waals surface area contributed by atoms with Crippen LogP contribution in [0, 0.1) is 0 Å². The number of carbonyl (C=O) groups excluding carboxylic acids is 1. The van der Waals surface area contributed by atoms with E-state index >= 15 is 0 Å². The number of piperazine rings is 1. The van der Waals surface area contributed by atoms with Gasteiger partial charge in [0, 0.05) is 32.1 Å². The molecule has 1 saturated heterocycles. The second kappa shape index (κ2) is 6.87. The molecule has 2 heterocycles. The van der Waals surface area contributed by atoms with Crippen LogP contribution in [0.2, 0.25) is 0 Å². The van der Waals surface area contributed by atoms with Crippen molar-refractivity contribution in [2.45, 2.75) is 25.4 Å². The Kier molecular flexibility index (Phi) is 4.66. The molecular formula is C16H22N6O. The average molecular weight is 314 g/mol. The number of tetrazole rings is 1. The summed E-state index contributed by atoms with van der Waals surface area (Å²) in [6.07, 6.45) is 2.11. The van der Waals surface area contributed by atoms with E-state index in [4.69, 9.17) is 0 Å². The van der Waals surface area contributed by atoms with Crippen LogP contribution < -0.4 is 0 Å². The third-order valence-corrected chi connectivity index (χ3v) is 4.35. The molecule has 7 heteroatoms. The maximum atomic E-state index is 13.1. The number of benzene rings is 1. The Labute approximate surface area is 135 Å². The summed E-state index contributed by atoms with van der Waals surface area (Å²) in [5.74, 6) is 0.0850. The van der Waals surface area contributed by atoms with Gasteiger partial charge in [0.05, 0.1) is 0 Å². The average Bonchev–Trinajstić information content (AvgIpc) is 3.07. The third kappa shape index (κ3) is 3.56. The van der Waals surface area contributed by atoms with Crippen LogP contribution in [0.4, 0.5) is 0 Å². The first kappa shape index (κ1) is 15.6. The van der Waals surface area contributed by atoms with Gasteiger partial charge in [-0.2, -0.15) is 0 Å². The molecule has 2 aromatic rings. The van der Waals surface area contributed by atoms with Gasteiger partial charge in [-0.25, -0.2) is 4.68 Å². The number of hydrogen-bond donors (Lipinski definition) is 0. The fourth-order valence-electron chi connectivity index (χ4n) is 3.10. The number of rotatable bonds is 4. The summed E-state index contributed by atoms with van der Waals surface area (Å²) in [6.45, 7) is 4.61. The van der Waals surface area contributed by atoms with E-state index in [9.17, 15) is 4.79 Å². The van der Waals surface area contributed by atoms with Gasteiger partial charge in [-0.1, -0.05) is 30.3 Å². The molecule has 7 nitrogen and oxygen atoms in total. The summed E-state index contributed by atoms with van der Waals surface area (Å²) < 4.78 is 1.57. The Balaban J connectivity index is 1.82. The van der Waals surface area contributed by atoms with E-state index in [1.54, 1.807) is 4.68 Å². The molecule has 2 atom stereocenters. The van der Waals surface area contributed by atoms with Crippen LogP contribution in [-0.2, 0) is 11.2 Å². The van der Waals surface area contributed by atoms with Crippen LogP contribution in [0.5, 0.6) is 0 Å². The molecule has 1 amide bonds. The van der Waals surface area contributed by atoms with Gasteiger partial charge in [-0.3, -0.25) is 4.79 Å². The topological polar surface area (TPSA) is 67.2 Å². The fraction of sp³-hybridized carbons (Fsp3) is 0.500. The molecule has 23 heavy (non-hydrogen) atoms. The van der Waals surface area contributed by atoms with E-state index in [0.717, 1.165) is 25.2 Å².